The molecule has 4 atom stereocenters. The Bertz CT molecular complexity index is 1410. The Labute approximate surface area is 230 Å². The molecule has 2 amide bonds. The molecule has 1 unspecified atom stereocenters. The number of alkyl halides is 2. The maximum Gasteiger partial charge on any atom is 0.266 e. The number of nitrogens with one attached hydrogen (secondary N) is 2. The lowest BCUT2D eigenvalue weighted by Gasteiger charge is -2.49. The van der Waals surface area contributed by atoms with Crippen LogP contribution in [0.3, 0.4) is 0 Å². The van der Waals surface area contributed by atoms with Gasteiger partial charge in [-0.05, 0) is 45.6 Å². The number of anilines is 1. The number of aromatic nitrogens is 1. The number of rotatable bonds is 8. The Balaban J connectivity index is 1.28. The molecular formula is C29H34F3N5O3. The summed E-state index contributed by atoms with van der Waals surface area (Å²) in [6.07, 6.45) is 0.333. The van der Waals surface area contributed by atoms with E-state index in [0.717, 1.165) is 32.0 Å². The Morgan fingerprint density at radius 3 is 2.38 bits per heavy atom. The van der Waals surface area contributed by atoms with Crippen molar-refractivity contribution in [2.75, 3.05) is 38.5 Å². The zero-order valence-electron chi connectivity index (χ0n) is 22.8. The predicted molar refractivity (Wildman–Crippen MR) is 143 cm³/mol. The zero-order valence-corrected chi connectivity index (χ0v) is 22.8. The van der Waals surface area contributed by atoms with Crippen molar-refractivity contribution in [2.24, 2.45) is 17.8 Å². The van der Waals surface area contributed by atoms with Crippen molar-refractivity contribution < 1.29 is 22.8 Å². The van der Waals surface area contributed by atoms with Crippen molar-refractivity contribution in [1.82, 2.24) is 19.7 Å². The van der Waals surface area contributed by atoms with Crippen molar-refractivity contribution >= 4 is 17.5 Å². The van der Waals surface area contributed by atoms with Crippen LogP contribution >= 0.6 is 0 Å². The fourth-order valence-corrected chi connectivity index (χ4v) is 6.48. The molecule has 1 aromatic heterocycles. The zero-order chi connectivity index (χ0) is 28.5. The molecule has 4 fully saturated rings. The number of halogens is 3. The maximum atomic E-state index is 14.8. The van der Waals surface area contributed by atoms with Gasteiger partial charge in [0, 0.05) is 56.0 Å². The van der Waals surface area contributed by atoms with Gasteiger partial charge in [0.05, 0.1) is 28.4 Å². The molecule has 2 saturated heterocycles. The molecule has 2 N–H and O–H groups in total. The van der Waals surface area contributed by atoms with Gasteiger partial charge in [0.1, 0.15) is 5.82 Å². The summed E-state index contributed by atoms with van der Waals surface area (Å²) in [5.41, 5.74) is -1.12. The number of hydrogen-bond acceptors (Lipinski definition) is 5. The van der Waals surface area contributed by atoms with Gasteiger partial charge < -0.3 is 25.0 Å². The van der Waals surface area contributed by atoms with E-state index in [1.54, 1.807) is 4.90 Å². The Hall–Kier alpha value is -3.34. The molecule has 3 heterocycles. The molecular weight excluding hydrogens is 523 g/mol. The summed E-state index contributed by atoms with van der Waals surface area (Å²) >= 11 is 0. The average molecular weight is 558 g/mol. The highest BCUT2D eigenvalue weighted by atomic mass is 19.3. The van der Waals surface area contributed by atoms with E-state index >= 15 is 0 Å². The molecule has 1 aromatic carbocycles. The van der Waals surface area contributed by atoms with Gasteiger partial charge in [-0.25, -0.2) is 13.2 Å². The molecule has 0 spiro atoms. The number of amides is 2. The van der Waals surface area contributed by atoms with Gasteiger partial charge in [0.15, 0.2) is 0 Å². The second-order valence-corrected chi connectivity index (χ2v) is 12.2. The van der Waals surface area contributed by atoms with Gasteiger partial charge >= 0.3 is 0 Å². The third-order valence-electron chi connectivity index (χ3n) is 8.99. The molecule has 6 rings (SSSR count). The second kappa shape index (κ2) is 9.64. The first-order valence-electron chi connectivity index (χ1n) is 13.8. The second-order valence-electron chi connectivity index (χ2n) is 12.2. The van der Waals surface area contributed by atoms with Gasteiger partial charge in [-0.15, -0.1) is 0 Å². The number of benzene rings is 1. The van der Waals surface area contributed by atoms with E-state index in [1.807, 2.05) is 6.92 Å². The van der Waals surface area contributed by atoms with Gasteiger partial charge in [0.25, 0.3) is 17.9 Å². The lowest BCUT2D eigenvalue weighted by atomic mass is 9.90. The molecule has 0 bridgehead atoms. The topological polar surface area (TPSA) is 86.7 Å². The Morgan fingerprint density at radius 2 is 1.75 bits per heavy atom. The van der Waals surface area contributed by atoms with Gasteiger partial charge in [0.2, 0.25) is 5.91 Å². The first-order chi connectivity index (χ1) is 19.0. The van der Waals surface area contributed by atoms with E-state index in [-0.39, 0.29) is 34.6 Å². The minimum absolute atomic E-state index is 0.0473. The molecule has 2 saturated carbocycles. The number of pyridine rings is 1. The molecule has 4 aliphatic rings. The van der Waals surface area contributed by atoms with Crippen LogP contribution in [0.2, 0.25) is 0 Å². The van der Waals surface area contributed by atoms with Crippen LogP contribution in [0.5, 0.6) is 0 Å². The van der Waals surface area contributed by atoms with Crippen LogP contribution in [0.25, 0.3) is 0 Å². The molecule has 8 nitrogen and oxygen atoms in total. The van der Waals surface area contributed by atoms with Crippen molar-refractivity contribution in [3.8, 4) is 0 Å². The van der Waals surface area contributed by atoms with Gasteiger partial charge in [-0.1, -0.05) is 18.2 Å². The van der Waals surface area contributed by atoms with Crippen LogP contribution in [0.15, 0.2) is 35.3 Å². The highest BCUT2D eigenvalue weighted by Gasteiger charge is 2.55. The van der Waals surface area contributed by atoms with E-state index in [2.05, 4.69) is 22.6 Å². The van der Waals surface area contributed by atoms with Crippen LogP contribution in [0, 0.1) is 23.6 Å². The number of hydrogen-bond donors (Lipinski definition) is 2. The summed E-state index contributed by atoms with van der Waals surface area (Å²) in [7, 11) is 2.06. The van der Waals surface area contributed by atoms with Crippen LogP contribution < -0.4 is 16.2 Å². The number of piperidine rings is 1. The third-order valence-corrected chi connectivity index (χ3v) is 8.99. The summed E-state index contributed by atoms with van der Waals surface area (Å²) in [4.78, 5) is 43.5. The summed E-state index contributed by atoms with van der Waals surface area (Å²) in [5, 5.41) is 6.15. The smallest absolute Gasteiger partial charge is 0.266 e. The lowest BCUT2D eigenvalue weighted by molar-refractivity contribution is -0.142. The van der Waals surface area contributed by atoms with E-state index in [1.165, 1.54) is 35.9 Å². The first kappa shape index (κ1) is 26.9. The quantitative estimate of drug-likeness (QED) is 0.520. The van der Waals surface area contributed by atoms with Crippen LogP contribution in [0.4, 0.5) is 18.9 Å². The first-order valence-corrected chi connectivity index (χ1v) is 13.8. The monoisotopic (exact) mass is 557 g/mol. The predicted octanol–water partition coefficient (Wildman–Crippen LogP) is 3.36. The van der Waals surface area contributed by atoms with Crippen LogP contribution in [-0.4, -0.2) is 65.4 Å². The van der Waals surface area contributed by atoms with Crippen LogP contribution in [0.1, 0.15) is 60.6 Å². The molecule has 2 aromatic rings. The highest BCUT2D eigenvalue weighted by molar-refractivity contribution is 5.99. The van der Waals surface area contributed by atoms with Gasteiger partial charge in [-0.3, -0.25) is 14.4 Å². The lowest BCUT2D eigenvalue weighted by Crippen LogP contribution is -2.65. The van der Waals surface area contributed by atoms with Crippen molar-refractivity contribution in [2.45, 2.75) is 50.7 Å². The SMILES string of the molecule is C[C@@H](NC(=O)c1cn(C2(C)CN(C(=O)C3CC3)C2)c(=O)cc1NC1[C@H]2CN(C)C[C@@H]12)c1cccc(C(F)F)c1F. The Kier molecular flexibility index (Phi) is 6.47. The molecule has 2 aliphatic heterocycles. The van der Waals surface area contributed by atoms with Crippen molar-refractivity contribution in [1.29, 1.82) is 0 Å². The average Bonchev–Trinajstić information content (AvgIpc) is 3.79. The van der Waals surface area contributed by atoms with Crippen LogP contribution in [-0.2, 0) is 10.3 Å². The number of carbonyl (C=O) groups is 2. The Morgan fingerprint density at radius 1 is 1.10 bits per heavy atom. The summed E-state index contributed by atoms with van der Waals surface area (Å²) in [5.74, 6) is -0.557. The molecule has 214 valence electrons. The standard InChI is InChI=1S/C29H34F3N5O3/c1-15(17-5-4-6-18(24(17)30)26(31)32)33-27(39)21-12-37(29(2)13-36(14-29)28(40)16-7-8-16)23(38)9-22(21)34-25-19-10-35(3)11-20(19)25/h4-6,9,12,15-16,19-20,25-26,34H,7-8,10-11,13-14H2,1-3H3,(H,33,39)/t15-,19-,20+,25?/m1/s1. The van der Waals surface area contributed by atoms with E-state index < -0.39 is 35.3 Å². The summed E-state index contributed by atoms with van der Waals surface area (Å²) in [6, 6.07) is 4.39. The maximum absolute atomic E-state index is 14.8. The minimum Gasteiger partial charge on any atom is -0.381 e. The molecule has 40 heavy (non-hydrogen) atoms. The number of fused-ring (bicyclic) bond motifs is 1. The van der Waals surface area contributed by atoms with Crippen molar-refractivity contribution in [3.63, 3.8) is 0 Å². The van der Waals surface area contributed by atoms with E-state index in [4.69, 9.17) is 0 Å². The largest absolute Gasteiger partial charge is 0.381 e. The fourth-order valence-electron chi connectivity index (χ4n) is 6.48. The minimum atomic E-state index is -2.98. The normalized spacial score (nSPS) is 25.8. The molecule has 11 heteroatoms. The fraction of sp³-hybridized carbons (Fsp3) is 0.552. The number of carbonyl (C=O) groups excluding carboxylic acids is 2. The van der Waals surface area contributed by atoms with Crippen molar-refractivity contribution in [3.05, 3.63) is 63.3 Å². The molecule has 2 aliphatic carbocycles. The summed E-state index contributed by atoms with van der Waals surface area (Å²) in [6.45, 7) is 6.02. The summed E-state index contributed by atoms with van der Waals surface area (Å²) < 4.78 is 42.8. The highest BCUT2D eigenvalue weighted by Crippen LogP contribution is 2.47. The molecule has 0 radical (unpaired) electrons. The number of likely N-dealkylation sites (tertiary alicyclic amines) is 2. The van der Waals surface area contributed by atoms with E-state index in [0.29, 0.717) is 30.6 Å². The van der Waals surface area contributed by atoms with E-state index in [9.17, 15) is 27.6 Å². The third kappa shape index (κ3) is 4.67. The number of nitrogens with zero attached hydrogens (tertiary/aromatic N) is 3. The van der Waals surface area contributed by atoms with Gasteiger partial charge in [-0.2, -0.15) is 0 Å².